The van der Waals surface area contributed by atoms with Gasteiger partial charge in [-0.3, -0.25) is 0 Å². The van der Waals surface area contributed by atoms with E-state index in [4.69, 9.17) is 11.6 Å². The highest BCUT2D eigenvalue weighted by Crippen LogP contribution is 2.34. The zero-order valence-corrected chi connectivity index (χ0v) is 10.2. The minimum Gasteiger partial charge on any atom is -0.317 e. The topological polar surface area (TPSA) is 12.0 Å². The van der Waals surface area contributed by atoms with E-state index in [1.165, 1.54) is 18.4 Å². The molecule has 0 radical (unpaired) electrons. The first-order valence-electron chi connectivity index (χ1n) is 4.93. The Morgan fingerprint density at radius 1 is 1.29 bits per heavy atom. The van der Waals surface area contributed by atoms with E-state index in [0.717, 1.165) is 22.6 Å². The van der Waals surface area contributed by atoms with Gasteiger partial charge in [-0.05, 0) is 59.4 Å². The maximum absolute atomic E-state index is 6.26. The molecule has 1 aliphatic heterocycles. The molecule has 2 rings (SSSR count). The van der Waals surface area contributed by atoms with E-state index in [-0.39, 0.29) is 0 Å². The second kappa shape index (κ2) is 4.65. The Hall–Kier alpha value is -0.0500. The molecule has 0 aliphatic carbocycles. The molecular formula is C11H13BrClN. The molecule has 0 unspecified atom stereocenters. The van der Waals surface area contributed by atoms with E-state index >= 15 is 0 Å². The SMILES string of the molecule is Clc1c(Br)cccc1C1CCNCC1. The summed E-state index contributed by atoms with van der Waals surface area (Å²) in [6.07, 6.45) is 2.38. The van der Waals surface area contributed by atoms with Crippen molar-refractivity contribution >= 4 is 27.5 Å². The number of halogens is 2. The van der Waals surface area contributed by atoms with Crippen molar-refractivity contribution in [3.8, 4) is 0 Å². The molecule has 0 amide bonds. The lowest BCUT2D eigenvalue weighted by atomic mass is 9.90. The lowest BCUT2D eigenvalue weighted by Crippen LogP contribution is -2.26. The summed E-state index contributed by atoms with van der Waals surface area (Å²) in [6, 6.07) is 6.20. The van der Waals surface area contributed by atoms with Gasteiger partial charge < -0.3 is 5.32 Å². The summed E-state index contributed by atoms with van der Waals surface area (Å²) in [6.45, 7) is 2.21. The molecule has 0 bridgehead atoms. The molecule has 1 saturated heterocycles. The Balaban J connectivity index is 2.26. The quantitative estimate of drug-likeness (QED) is 0.825. The molecule has 0 spiro atoms. The third kappa shape index (κ3) is 2.13. The van der Waals surface area contributed by atoms with Crippen molar-refractivity contribution in [2.24, 2.45) is 0 Å². The van der Waals surface area contributed by atoms with E-state index in [1.54, 1.807) is 0 Å². The summed E-state index contributed by atoms with van der Waals surface area (Å²) >= 11 is 9.72. The van der Waals surface area contributed by atoms with Crippen LogP contribution in [0.15, 0.2) is 22.7 Å². The van der Waals surface area contributed by atoms with Crippen LogP contribution < -0.4 is 5.32 Å². The highest BCUT2D eigenvalue weighted by molar-refractivity contribution is 9.10. The number of rotatable bonds is 1. The lowest BCUT2D eigenvalue weighted by Gasteiger charge is -2.24. The maximum Gasteiger partial charge on any atom is 0.0582 e. The smallest absolute Gasteiger partial charge is 0.0582 e. The van der Waals surface area contributed by atoms with Gasteiger partial charge in [-0.2, -0.15) is 0 Å². The summed E-state index contributed by atoms with van der Waals surface area (Å²) in [7, 11) is 0. The molecule has 1 aromatic rings. The molecular weight excluding hydrogens is 261 g/mol. The molecule has 14 heavy (non-hydrogen) atoms. The molecule has 3 heteroatoms. The van der Waals surface area contributed by atoms with Gasteiger partial charge in [0.25, 0.3) is 0 Å². The molecule has 1 fully saturated rings. The minimum absolute atomic E-state index is 0.626. The first-order valence-corrected chi connectivity index (χ1v) is 6.11. The Morgan fingerprint density at radius 3 is 2.71 bits per heavy atom. The average molecular weight is 275 g/mol. The largest absolute Gasteiger partial charge is 0.317 e. The van der Waals surface area contributed by atoms with Gasteiger partial charge in [0.05, 0.1) is 5.02 Å². The number of hydrogen-bond donors (Lipinski definition) is 1. The average Bonchev–Trinajstić information content (AvgIpc) is 2.23. The fraction of sp³-hybridized carbons (Fsp3) is 0.455. The first kappa shape index (κ1) is 10.5. The summed E-state index contributed by atoms with van der Waals surface area (Å²) in [5.41, 5.74) is 1.29. The molecule has 0 atom stereocenters. The summed E-state index contributed by atoms with van der Waals surface area (Å²) < 4.78 is 1.01. The maximum atomic E-state index is 6.26. The van der Waals surface area contributed by atoms with E-state index in [0.29, 0.717) is 5.92 Å². The van der Waals surface area contributed by atoms with Crippen LogP contribution in [-0.4, -0.2) is 13.1 Å². The van der Waals surface area contributed by atoms with Crippen LogP contribution in [0, 0.1) is 0 Å². The van der Waals surface area contributed by atoms with Crippen molar-refractivity contribution in [1.29, 1.82) is 0 Å². The highest BCUT2D eigenvalue weighted by Gasteiger charge is 2.18. The van der Waals surface area contributed by atoms with Gasteiger partial charge in [-0.15, -0.1) is 0 Å². The van der Waals surface area contributed by atoms with Crippen LogP contribution in [-0.2, 0) is 0 Å². The second-order valence-electron chi connectivity index (χ2n) is 3.67. The monoisotopic (exact) mass is 273 g/mol. The fourth-order valence-electron chi connectivity index (χ4n) is 1.97. The van der Waals surface area contributed by atoms with Crippen molar-refractivity contribution < 1.29 is 0 Å². The van der Waals surface area contributed by atoms with E-state index in [9.17, 15) is 0 Å². The van der Waals surface area contributed by atoms with Gasteiger partial charge in [-0.1, -0.05) is 23.7 Å². The molecule has 0 aromatic heterocycles. The Bertz CT molecular complexity index is 321. The fourth-order valence-corrected chi connectivity index (χ4v) is 2.63. The predicted molar refractivity (Wildman–Crippen MR) is 64.0 cm³/mol. The van der Waals surface area contributed by atoms with Crippen LogP contribution in [0.5, 0.6) is 0 Å². The molecule has 1 aromatic carbocycles. The molecule has 1 nitrogen and oxygen atoms in total. The van der Waals surface area contributed by atoms with Gasteiger partial charge in [0, 0.05) is 4.47 Å². The van der Waals surface area contributed by atoms with E-state index < -0.39 is 0 Å². The van der Waals surface area contributed by atoms with Crippen LogP contribution >= 0.6 is 27.5 Å². The normalized spacial score (nSPS) is 18.4. The second-order valence-corrected chi connectivity index (χ2v) is 4.90. The van der Waals surface area contributed by atoms with Crippen molar-refractivity contribution in [3.05, 3.63) is 33.3 Å². The molecule has 0 saturated carbocycles. The van der Waals surface area contributed by atoms with Crippen LogP contribution in [0.4, 0.5) is 0 Å². The molecule has 1 heterocycles. The minimum atomic E-state index is 0.626. The van der Waals surface area contributed by atoms with E-state index in [2.05, 4.69) is 33.4 Å². The third-order valence-electron chi connectivity index (χ3n) is 2.76. The van der Waals surface area contributed by atoms with Crippen molar-refractivity contribution in [2.75, 3.05) is 13.1 Å². The van der Waals surface area contributed by atoms with Gasteiger partial charge in [0.1, 0.15) is 0 Å². The number of benzene rings is 1. The van der Waals surface area contributed by atoms with Crippen molar-refractivity contribution in [2.45, 2.75) is 18.8 Å². The number of piperidine rings is 1. The predicted octanol–water partition coefficient (Wildman–Crippen LogP) is 3.57. The van der Waals surface area contributed by atoms with Crippen LogP contribution in [0.3, 0.4) is 0 Å². The van der Waals surface area contributed by atoms with Crippen LogP contribution in [0.25, 0.3) is 0 Å². The first-order chi connectivity index (χ1) is 6.79. The molecule has 76 valence electrons. The highest BCUT2D eigenvalue weighted by atomic mass is 79.9. The van der Waals surface area contributed by atoms with Gasteiger partial charge >= 0.3 is 0 Å². The zero-order chi connectivity index (χ0) is 9.97. The molecule has 1 aliphatic rings. The lowest BCUT2D eigenvalue weighted by molar-refractivity contribution is 0.460. The number of hydrogen-bond acceptors (Lipinski definition) is 1. The van der Waals surface area contributed by atoms with Gasteiger partial charge in [-0.25, -0.2) is 0 Å². The van der Waals surface area contributed by atoms with E-state index in [1.807, 2.05) is 6.07 Å². The number of nitrogens with one attached hydrogen (secondary N) is 1. The van der Waals surface area contributed by atoms with Gasteiger partial charge in [0.2, 0.25) is 0 Å². The van der Waals surface area contributed by atoms with Crippen LogP contribution in [0.1, 0.15) is 24.3 Å². The Kier molecular flexibility index (Phi) is 3.47. The third-order valence-corrected chi connectivity index (χ3v) is 4.07. The summed E-state index contributed by atoms with van der Waals surface area (Å²) in [5.74, 6) is 0.626. The van der Waals surface area contributed by atoms with Gasteiger partial charge in [0.15, 0.2) is 0 Å². The van der Waals surface area contributed by atoms with Crippen molar-refractivity contribution in [3.63, 3.8) is 0 Å². The standard InChI is InChI=1S/C11H13BrClN/c12-10-3-1-2-9(11(10)13)8-4-6-14-7-5-8/h1-3,8,14H,4-7H2. The Labute approximate surface area is 98.0 Å². The summed E-state index contributed by atoms with van der Waals surface area (Å²) in [4.78, 5) is 0. The Morgan fingerprint density at radius 2 is 2.00 bits per heavy atom. The summed E-state index contributed by atoms with van der Waals surface area (Å²) in [5, 5.41) is 4.25. The zero-order valence-electron chi connectivity index (χ0n) is 7.89. The van der Waals surface area contributed by atoms with Crippen molar-refractivity contribution in [1.82, 2.24) is 5.32 Å². The van der Waals surface area contributed by atoms with Crippen LogP contribution in [0.2, 0.25) is 5.02 Å². The molecule has 1 N–H and O–H groups in total.